The number of phosphoric ester groups is 2. The molecule has 0 heterocycles. The lowest BCUT2D eigenvalue weighted by atomic mass is 10.00. The van der Waals surface area contributed by atoms with Crippen LogP contribution in [0.4, 0.5) is 0 Å². The third-order valence-electron chi connectivity index (χ3n) is 15.0. The summed E-state index contributed by atoms with van der Waals surface area (Å²) in [4.78, 5) is 72.0. The van der Waals surface area contributed by atoms with Crippen molar-refractivity contribution in [1.29, 1.82) is 0 Å². The van der Waals surface area contributed by atoms with Crippen LogP contribution in [0.5, 0.6) is 0 Å². The van der Waals surface area contributed by atoms with Crippen LogP contribution in [-0.4, -0.2) is 96.7 Å². The Labute approximate surface area is 486 Å². The molecule has 0 spiro atoms. The zero-order valence-corrected chi connectivity index (χ0v) is 53.3. The molecule has 0 aromatic heterocycles. The van der Waals surface area contributed by atoms with Gasteiger partial charge >= 0.3 is 39.5 Å². The first-order valence-electron chi connectivity index (χ1n) is 32.0. The zero-order chi connectivity index (χ0) is 59.5. The third-order valence-corrected chi connectivity index (χ3v) is 16.9. The normalized spacial score (nSPS) is 15.5. The highest BCUT2D eigenvalue weighted by Gasteiger charge is 2.30. The van der Waals surface area contributed by atoms with Crippen molar-refractivity contribution in [1.82, 2.24) is 0 Å². The van der Waals surface area contributed by atoms with E-state index in [1.165, 1.54) is 96.3 Å². The molecule has 80 heavy (non-hydrogen) atoms. The molecule has 5 unspecified atom stereocenters. The molecule has 0 aliphatic rings. The predicted molar refractivity (Wildman–Crippen MR) is 317 cm³/mol. The quantitative estimate of drug-likeness (QED) is 0.0222. The van der Waals surface area contributed by atoms with E-state index in [2.05, 4.69) is 48.5 Å². The summed E-state index contributed by atoms with van der Waals surface area (Å²) in [6.07, 6.45) is 32.2. The second-order valence-corrected chi connectivity index (χ2v) is 25.7. The maximum Gasteiger partial charge on any atom is 0.472 e. The number of unbranched alkanes of at least 4 members (excludes halogenated alkanes) is 24. The fourth-order valence-corrected chi connectivity index (χ4v) is 10.4. The summed E-state index contributed by atoms with van der Waals surface area (Å²) in [6.45, 7) is 11.6. The molecule has 17 nitrogen and oxygen atoms in total. The van der Waals surface area contributed by atoms with Gasteiger partial charge in [-0.3, -0.25) is 37.3 Å². The van der Waals surface area contributed by atoms with Crippen LogP contribution in [0.2, 0.25) is 0 Å². The summed E-state index contributed by atoms with van der Waals surface area (Å²) >= 11 is 0. The first-order valence-corrected chi connectivity index (χ1v) is 35.0. The Morgan fingerprint density at radius 2 is 0.600 bits per heavy atom. The molecule has 0 aromatic carbocycles. The van der Waals surface area contributed by atoms with Gasteiger partial charge in [0, 0.05) is 25.7 Å². The summed E-state index contributed by atoms with van der Waals surface area (Å²) in [7, 11) is -9.88. The van der Waals surface area contributed by atoms with Gasteiger partial charge in [-0.2, -0.15) is 0 Å². The van der Waals surface area contributed by atoms with Gasteiger partial charge in [0.1, 0.15) is 19.3 Å². The van der Waals surface area contributed by atoms with Gasteiger partial charge in [0.25, 0.3) is 0 Å². The summed E-state index contributed by atoms with van der Waals surface area (Å²) in [6, 6.07) is 0. The van der Waals surface area contributed by atoms with E-state index in [1.807, 2.05) is 0 Å². The van der Waals surface area contributed by atoms with Crippen molar-refractivity contribution < 1.29 is 80.2 Å². The highest BCUT2D eigenvalue weighted by molar-refractivity contribution is 7.47. The van der Waals surface area contributed by atoms with Crippen molar-refractivity contribution in [3.8, 4) is 0 Å². The van der Waals surface area contributed by atoms with Crippen LogP contribution in [-0.2, 0) is 65.4 Å². The summed E-state index contributed by atoms with van der Waals surface area (Å²) < 4.78 is 67.8. The summed E-state index contributed by atoms with van der Waals surface area (Å²) in [5.74, 6) is 0.0252. The van der Waals surface area contributed by atoms with Crippen LogP contribution in [0.1, 0.15) is 292 Å². The van der Waals surface area contributed by atoms with Crippen LogP contribution >= 0.6 is 15.6 Å². The molecule has 0 bridgehead atoms. The minimum Gasteiger partial charge on any atom is -0.462 e. The Bertz CT molecular complexity index is 1600. The number of carbonyl (C=O) groups excluding carboxylic acids is 4. The molecule has 0 saturated heterocycles. The fraction of sp³-hybridized carbons (Fsp3) is 0.934. The van der Waals surface area contributed by atoms with E-state index >= 15 is 0 Å². The molecule has 0 fully saturated rings. The highest BCUT2D eigenvalue weighted by Crippen LogP contribution is 2.45. The molecule has 0 rings (SSSR count). The number of hydrogen-bond acceptors (Lipinski definition) is 15. The van der Waals surface area contributed by atoms with E-state index in [0.717, 1.165) is 114 Å². The predicted octanol–water partition coefficient (Wildman–Crippen LogP) is 16.3. The molecule has 474 valence electrons. The van der Waals surface area contributed by atoms with Gasteiger partial charge in [0.05, 0.1) is 26.4 Å². The molecule has 0 aromatic rings. The summed E-state index contributed by atoms with van der Waals surface area (Å²) in [5, 5.41) is 10.5. The minimum atomic E-state index is -4.94. The van der Waals surface area contributed by atoms with E-state index in [1.54, 1.807) is 0 Å². The molecule has 0 aliphatic carbocycles. The second kappa shape index (κ2) is 52.6. The lowest BCUT2D eigenvalue weighted by molar-refractivity contribution is -0.161. The molecular weight excluding hydrogens is 1070 g/mol. The van der Waals surface area contributed by atoms with Crippen LogP contribution in [0.15, 0.2) is 0 Å². The SMILES string of the molecule is CCCCCCCCCCCCC(=O)OC[C@H](COP(=O)(O)OC[C@H](O)COP(=O)(O)OC[C@@H](COC(=O)CCCCCCCCC(C)CC)OC(=O)CCCCCCCCC(C)CC)OC(=O)CCCCCCCCC(C)CC. The maximum absolute atomic E-state index is 12.9. The Morgan fingerprint density at radius 3 is 0.887 bits per heavy atom. The third kappa shape index (κ3) is 51.7. The van der Waals surface area contributed by atoms with Crippen molar-refractivity contribution in [2.24, 2.45) is 17.8 Å². The van der Waals surface area contributed by atoms with Crippen molar-refractivity contribution >= 4 is 39.5 Å². The van der Waals surface area contributed by atoms with E-state index < -0.39 is 97.5 Å². The molecule has 0 aliphatic heterocycles. The number of ether oxygens (including phenoxy) is 4. The monoisotopic (exact) mass is 1180 g/mol. The van der Waals surface area contributed by atoms with Gasteiger partial charge in [-0.05, 0) is 43.4 Å². The Kier molecular flexibility index (Phi) is 51.3. The van der Waals surface area contributed by atoms with Gasteiger partial charge < -0.3 is 33.8 Å². The van der Waals surface area contributed by atoms with Crippen LogP contribution in [0, 0.1) is 17.8 Å². The molecule has 19 heteroatoms. The highest BCUT2D eigenvalue weighted by atomic mass is 31.2. The topological polar surface area (TPSA) is 237 Å². The number of esters is 4. The van der Waals surface area contributed by atoms with Crippen molar-refractivity contribution in [2.75, 3.05) is 39.6 Å². The van der Waals surface area contributed by atoms with E-state index in [4.69, 9.17) is 37.0 Å². The smallest absolute Gasteiger partial charge is 0.462 e. The van der Waals surface area contributed by atoms with E-state index in [9.17, 15) is 43.2 Å². The number of aliphatic hydroxyl groups is 1. The van der Waals surface area contributed by atoms with Gasteiger partial charge in [0.2, 0.25) is 0 Å². The lowest BCUT2D eigenvalue weighted by Crippen LogP contribution is -2.30. The molecule has 0 amide bonds. The van der Waals surface area contributed by atoms with Gasteiger partial charge in [-0.15, -0.1) is 0 Å². The Hall–Kier alpha value is -1.94. The van der Waals surface area contributed by atoms with Gasteiger partial charge in [-0.25, -0.2) is 9.13 Å². The number of rotatable bonds is 59. The first kappa shape index (κ1) is 78.1. The van der Waals surface area contributed by atoms with Gasteiger partial charge in [-0.1, -0.05) is 241 Å². The van der Waals surface area contributed by atoms with E-state index in [-0.39, 0.29) is 25.7 Å². The average Bonchev–Trinajstić information content (AvgIpc) is 3.43. The van der Waals surface area contributed by atoms with Crippen molar-refractivity contribution in [3.63, 3.8) is 0 Å². The number of phosphoric acid groups is 2. The van der Waals surface area contributed by atoms with Crippen LogP contribution in [0.3, 0.4) is 0 Å². The maximum atomic E-state index is 12.9. The van der Waals surface area contributed by atoms with Crippen molar-refractivity contribution in [2.45, 2.75) is 311 Å². The molecular formula is C61H118O17P2. The number of carbonyl (C=O) groups is 4. The Morgan fingerprint density at radius 1 is 0.350 bits per heavy atom. The molecule has 0 radical (unpaired) electrons. The number of hydrogen-bond donors (Lipinski definition) is 3. The van der Waals surface area contributed by atoms with Gasteiger partial charge in [0.15, 0.2) is 12.2 Å². The minimum absolute atomic E-state index is 0.101. The standard InChI is InChI=1S/C61H118O17P2/c1-8-12-13-14-15-16-17-18-28-35-42-58(63)71-48-56(77-60(65)44-37-30-23-20-26-33-40-53(6)10-3)50-75-79(67,68)73-46-55(62)47-74-80(69,70)76-51-57(78-61(66)45-38-31-24-21-27-34-41-54(7)11-4)49-72-59(64)43-36-29-22-19-25-32-39-52(5)9-2/h52-57,62H,8-51H2,1-7H3,(H,67,68)(H,69,70)/t52?,53?,54?,55-,56+,57+/m0/s1. The fourth-order valence-electron chi connectivity index (χ4n) is 8.85. The molecule has 3 N–H and O–H groups in total. The lowest BCUT2D eigenvalue weighted by Gasteiger charge is -2.21. The van der Waals surface area contributed by atoms with Crippen LogP contribution in [0.25, 0.3) is 0 Å². The number of aliphatic hydroxyl groups excluding tert-OH is 1. The van der Waals surface area contributed by atoms with Crippen molar-refractivity contribution in [3.05, 3.63) is 0 Å². The van der Waals surface area contributed by atoms with Crippen LogP contribution < -0.4 is 0 Å². The Balaban J connectivity index is 5.26. The molecule has 0 saturated carbocycles. The largest absolute Gasteiger partial charge is 0.472 e. The average molecular weight is 1190 g/mol. The van der Waals surface area contributed by atoms with E-state index in [0.29, 0.717) is 25.7 Å². The second-order valence-electron chi connectivity index (χ2n) is 22.8. The summed E-state index contributed by atoms with van der Waals surface area (Å²) in [5.41, 5.74) is 0. The first-order chi connectivity index (χ1) is 38.3. The molecule has 8 atom stereocenters. The zero-order valence-electron chi connectivity index (χ0n) is 51.5.